The minimum atomic E-state index is -0.0346. The van der Waals surface area contributed by atoms with Gasteiger partial charge in [-0.1, -0.05) is 35.3 Å². The number of benzene rings is 2. The molecule has 0 aromatic heterocycles. The van der Waals surface area contributed by atoms with Crippen LogP contribution >= 0.6 is 23.2 Å². The van der Waals surface area contributed by atoms with Gasteiger partial charge in [0.05, 0.1) is 23.3 Å². The van der Waals surface area contributed by atoms with Crippen molar-refractivity contribution in [2.45, 2.75) is 20.1 Å². The summed E-state index contributed by atoms with van der Waals surface area (Å²) in [4.78, 5) is 0. The zero-order chi connectivity index (χ0) is 15.2. The van der Waals surface area contributed by atoms with Gasteiger partial charge in [-0.15, -0.1) is 0 Å². The number of aliphatic hydroxyl groups excluding tert-OH is 1. The Labute approximate surface area is 134 Å². The minimum absolute atomic E-state index is 0.0346. The van der Waals surface area contributed by atoms with E-state index in [0.29, 0.717) is 34.8 Å². The van der Waals surface area contributed by atoms with E-state index in [1.54, 1.807) is 30.3 Å². The molecule has 0 fully saturated rings. The summed E-state index contributed by atoms with van der Waals surface area (Å²) < 4.78 is 11.3. The average molecular weight is 327 g/mol. The third-order valence-corrected chi connectivity index (χ3v) is 3.61. The first-order chi connectivity index (χ1) is 10.1. The van der Waals surface area contributed by atoms with Gasteiger partial charge in [-0.25, -0.2) is 0 Å². The number of halogens is 2. The Kier molecular flexibility index (Phi) is 5.74. The molecule has 3 nitrogen and oxygen atoms in total. The summed E-state index contributed by atoms with van der Waals surface area (Å²) in [5.74, 6) is 1.24. The van der Waals surface area contributed by atoms with Gasteiger partial charge in [0.2, 0.25) is 0 Å². The number of ether oxygens (including phenoxy) is 2. The lowest BCUT2D eigenvalue weighted by molar-refractivity contribution is 0.264. The molecule has 2 aromatic carbocycles. The summed E-state index contributed by atoms with van der Waals surface area (Å²) in [5, 5.41) is 10.2. The molecule has 2 aromatic rings. The lowest BCUT2D eigenvalue weighted by atomic mass is 10.2. The zero-order valence-electron chi connectivity index (χ0n) is 11.6. The van der Waals surface area contributed by atoms with Crippen LogP contribution in [0.1, 0.15) is 18.1 Å². The van der Waals surface area contributed by atoms with Crippen molar-refractivity contribution in [3.05, 3.63) is 57.6 Å². The van der Waals surface area contributed by atoms with E-state index < -0.39 is 0 Å². The normalized spacial score (nSPS) is 10.5. The fraction of sp³-hybridized carbons (Fsp3) is 0.250. The van der Waals surface area contributed by atoms with Crippen LogP contribution in [0.4, 0.5) is 0 Å². The van der Waals surface area contributed by atoms with Gasteiger partial charge in [0.1, 0.15) is 6.61 Å². The molecular formula is C16H16Cl2O3. The predicted molar refractivity (Wildman–Crippen MR) is 84.3 cm³/mol. The largest absolute Gasteiger partial charge is 0.490 e. The molecule has 0 bridgehead atoms. The van der Waals surface area contributed by atoms with Crippen molar-refractivity contribution in [3.8, 4) is 11.5 Å². The highest BCUT2D eigenvalue weighted by Crippen LogP contribution is 2.30. The summed E-state index contributed by atoms with van der Waals surface area (Å²) >= 11 is 11.9. The zero-order valence-corrected chi connectivity index (χ0v) is 13.1. The standard InChI is InChI=1S/C16H16Cl2O3/c1-2-20-16-8-11(9-19)4-6-15(16)21-10-12-3-5-13(17)14(18)7-12/h3-8,19H,2,9-10H2,1H3. The fourth-order valence-corrected chi connectivity index (χ4v) is 2.15. The number of rotatable bonds is 6. The third kappa shape index (κ3) is 4.27. The van der Waals surface area contributed by atoms with Crippen LogP contribution < -0.4 is 9.47 Å². The second kappa shape index (κ2) is 7.55. The van der Waals surface area contributed by atoms with Crippen LogP contribution in [0.2, 0.25) is 10.0 Å². The summed E-state index contributed by atoms with van der Waals surface area (Å²) in [7, 11) is 0. The van der Waals surface area contributed by atoms with Crippen LogP contribution in [0, 0.1) is 0 Å². The molecule has 1 N–H and O–H groups in total. The Bertz CT molecular complexity index is 614. The summed E-state index contributed by atoms with van der Waals surface area (Å²) in [6.07, 6.45) is 0. The number of aliphatic hydroxyl groups is 1. The maximum atomic E-state index is 9.16. The first-order valence-corrected chi connectivity index (χ1v) is 7.33. The average Bonchev–Trinajstić information content (AvgIpc) is 2.49. The van der Waals surface area contributed by atoms with Gasteiger partial charge in [0, 0.05) is 0 Å². The van der Waals surface area contributed by atoms with E-state index >= 15 is 0 Å². The van der Waals surface area contributed by atoms with Crippen molar-refractivity contribution in [2.24, 2.45) is 0 Å². The van der Waals surface area contributed by atoms with E-state index in [-0.39, 0.29) is 6.61 Å². The van der Waals surface area contributed by atoms with Gasteiger partial charge in [0.25, 0.3) is 0 Å². The van der Waals surface area contributed by atoms with Crippen molar-refractivity contribution in [3.63, 3.8) is 0 Å². The second-order valence-corrected chi connectivity index (χ2v) is 5.22. The van der Waals surface area contributed by atoms with E-state index in [0.717, 1.165) is 11.1 Å². The Balaban J connectivity index is 2.13. The van der Waals surface area contributed by atoms with Gasteiger partial charge >= 0.3 is 0 Å². The molecule has 2 rings (SSSR count). The first kappa shape index (κ1) is 16.0. The number of hydrogen-bond donors (Lipinski definition) is 1. The van der Waals surface area contributed by atoms with Gasteiger partial charge in [-0.2, -0.15) is 0 Å². The van der Waals surface area contributed by atoms with Gasteiger partial charge in [-0.3, -0.25) is 0 Å². The Hall–Kier alpha value is -1.42. The highest BCUT2D eigenvalue weighted by Gasteiger charge is 2.07. The van der Waals surface area contributed by atoms with Gasteiger partial charge in [0.15, 0.2) is 11.5 Å². The summed E-state index contributed by atoms with van der Waals surface area (Å²) in [6.45, 7) is 2.75. The smallest absolute Gasteiger partial charge is 0.161 e. The van der Waals surface area contributed by atoms with Crippen molar-refractivity contribution in [1.82, 2.24) is 0 Å². The van der Waals surface area contributed by atoms with Crippen molar-refractivity contribution in [2.75, 3.05) is 6.61 Å². The van der Waals surface area contributed by atoms with Crippen LogP contribution in [-0.4, -0.2) is 11.7 Å². The molecule has 0 saturated carbocycles. The lowest BCUT2D eigenvalue weighted by Gasteiger charge is -2.13. The summed E-state index contributed by atoms with van der Waals surface area (Å²) in [5.41, 5.74) is 1.69. The molecule has 0 spiro atoms. The maximum Gasteiger partial charge on any atom is 0.161 e. The van der Waals surface area contributed by atoms with Crippen molar-refractivity contribution in [1.29, 1.82) is 0 Å². The predicted octanol–water partition coefficient (Wildman–Crippen LogP) is 4.46. The second-order valence-electron chi connectivity index (χ2n) is 4.41. The van der Waals surface area contributed by atoms with E-state index in [1.807, 2.05) is 13.0 Å². The van der Waals surface area contributed by atoms with Crippen LogP contribution in [0.15, 0.2) is 36.4 Å². The molecule has 0 unspecified atom stereocenters. The van der Waals surface area contributed by atoms with E-state index in [4.69, 9.17) is 37.8 Å². The molecule has 0 saturated heterocycles. The van der Waals surface area contributed by atoms with Gasteiger partial charge in [-0.05, 0) is 42.3 Å². The molecular weight excluding hydrogens is 311 g/mol. The summed E-state index contributed by atoms with van der Waals surface area (Å²) in [6, 6.07) is 10.7. The fourth-order valence-electron chi connectivity index (χ4n) is 1.83. The highest BCUT2D eigenvalue weighted by molar-refractivity contribution is 6.42. The maximum absolute atomic E-state index is 9.16. The molecule has 0 atom stereocenters. The van der Waals surface area contributed by atoms with E-state index in [1.165, 1.54) is 0 Å². The molecule has 5 heteroatoms. The quantitative estimate of drug-likeness (QED) is 0.851. The lowest BCUT2D eigenvalue weighted by Crippen LogP contribution is -2.00. The third-order valence-electron chi connectivity index (χ3n) is 2.87. The number of hydrogen-bond acceptors (Lipinski definition) is 3. The van der Waals surface area contributed by atoms with Crippen LogP contribution in [-0.2, 0) is 13.2 Å². The topological polar surface area (TPSA) is 38.7 Å². The molecule has 0 heterocycles. The minimum Gasteiger partial charge on any atom is -0.490 e. The molecule has 112 valence electrons. The van der Waals surface area contributed by atoms with E-state index in [9.17, 15) is 0 Å². The van der Waals surface area contributed by atoms with Gasteiger partial charge < -0.3 is 14.6 Å². The van der Waals surface area contributed by atoms with Crippen molar-refractivity contribution >= 4 is 23.2 Å². The molecule has 0 radical (unpaired) electrons. The molecule has 0 amide bonds. The van der Waals surface area contributed by atoms with Crippen LogP contribution in [0.25, 0.3) is 0 Å². The Morgan fingerprint density at radius 2 is 1.67 bits per heavy atom. The van der Waals surface area contributed by atoms with Crippen LogP contribution in [0.5, 0.6) is 11.5 Å². The monoisotopic (exact) mass is 326 g/mol. The van der Waals surface area contributed by atoms with Crippen molar-refractivity contribution < 1.29 is 14.6 Å². The molecule has 0 aliphatic rings. The van der Waals surface area contributed by atoms with E-state index in [2.05, 4.69) is 0 Å². The first-order valence-electron chi connectivity index (χ1n) is 6.57. The Morgan fingerprint density at radius 1 is 0.905 bits per heavy atom. The Morgan fingerprint density at radius 3 is 2.33 bits per heavy atom. The van der Waals surface area contributed by atoms with Crippen LogP contribution in [0.3, 0.4) is 0 Å². The molecule has 21 heavy (non-hydrogen) atoms. The highest BCUT2D eigenvalue weighted by atomic mass is 35.5. The molecule has 0 aliphatic carbocycles. The SMILES string of the molecule is CCOc1cc(CO)ccc1OCc1ccc(Cl)c(Cl)c1. The molecule has 0 aliphatic heterocycles.